The molecule has 1 N–H and O–H groups in total. The predicted molar refractivity (Wildman–Crippen MR) is 111 cm³/mol. The smallest absolute Gasteiger partial charge is 0.308 e. The summed E-state index contributed by atoms with van der Waals surface area (Å²) in [6.45, 7) is 10.9. The number of rotatable bonds is 4. The van der Waals surface area contributed by atoms with Crippen molar-refractivity contribution < 1.29 is 24.1 Å². The Hall–Kier alpha value is -2.95. The van der Waals surface area contributed by atoms with Crippen LogP contribution in [-0.2, 0) is 4.79 Å². The summed E-state index contributed by atoms with van der Waals surface area (Å²) in [4.78, 5) is 11.7. The fourth-order valence-corrected chi connectivity index (χ4v) is 3.61. The Kier molecular flexibility index (Phi) is 5.11. The lowest BCUT2D eigenvalue weighted by Crippen LogP contribution is -2.07. The quantitative estimate of drug-likeness (QED) is 0.375. The average Bonchev–Trinajstić information content (AvgIpc) is 2.62. The number of aromatic hydroxyl groups is 1. The minimum atomic E-state index is -0.393. The maximum atomic E-state index is 11.7. The number of carbonyl (C=O) groups is 1. The minimum absolute atomic E-state index is 0.00833. The first kappa shape index (κ1) is 19.8. The summed E-state index contributed by atoms with van der Waals surface area (Å²) in [5.41, 5.74) is 2.34. The van der Waals surface area contributed by atoms with Crippen molar-refractivity contribution in [3.63, 3.8) is 0 Å². The van der Waals surface area contributed by atoms with Crippen LogP contribution in [0.3, 0.4) is 0 Å². The summed E-state index contributed by atoms with van der Waals surface area (Å²) in [5, 5.41) is 14.0. The van der Waals surface area contributed by atoms with Gasteiger partial charge >= 0.3 is 5.97 Å². The number of methoxy groups -OCH3 is 1. The number of phenolic OH excluding ortho intramolecular Hbond substituents is 1. The first-order valence-electron chi connectivity index (χ1n) is 9.28. The van der Waals surface area contributed by atoms with Crippen molar-refractivity contribution in [2.24, 2.45) is 0 Å². The molecule has 0 radical (unpaired) electrons. The third-order valence-corrected chi connectivity index (χ3v) is 5.01. The molecule has 0 fully saturated rings. The van der Waals surface area contributed by atoms with Gasteiger partial charge in [0.25, 0.3) is 0 Å². The Morgan fingerprint density at radius 2 is 1.64 bits per heavy atom. The van der Waals surface area contributed by atoms with Gasteiger partial charge in [-0.2, -0.15) is 0 Å². The molecule has 0 heterocycles. The van der Waals surface area contributed by atoms with Crippen LogP contribution in [0.15, 0.2) is 18.2 Å². The molecule has 28 heavy (non-hydrogen) atoms. The standard InChI is InChI=1S/C23H26O5/c1-11(2)27-18-10-16-8-9-17-20(19(16)21(25)14(18)5)23(26-7)13(4)12(3)22(17)28-15(6)24/h8-11,25H,1-7H3. The van der Waals surface area contributed by atoms with E-state index >= 15 is 0 Å². The molecule has 0 unspecified atom stereocenters. The van der Waals surface area contributed by atoms with Crippen molar-refractivity contribution in [1.82, 2.24) is 0 Å². The molecule has 0 aliphatic heterocycles. The molecular weight excluding hydrogens is 356 g/mol. The number of benzene rings is 3. The first-order chi connectivity index (χ1) is 13.2. The van der Waals surface area contributed by atoms with Gasteiger partial charge in [0.1, 0.15) is 23.0 Å². The van der Waals surface area contributed by atoms with Crippen molar-refractivity contribution in [2.45, 2.75) is 47.6 Å². The zero-order valence-corrected chi connectivity index (χ0v) is 17.4. The molecule has 0 amide bonds. The van der Waals surface area contributed by atoms with E-state index in [1.165, 1.54) is 6.92 Å². The Morgan fingerprint density at radius 1 is 1.00 bits per heavy atom. The van der Waals surface area contributed by atoms with E-state index in [0.29, 0.717) is 28.2 Å². The average molecular weight is 382 g/mol. The van der Waals surface area contributed by atoms with Crippen LogP contribution in [0, 0.1) is 20.8 Å². The number of hydrogen-bond donors (Lipinski definition) is 1. The fraction of sp³-hybridized carbons (Fsp3) is 0.348. The normalized spacial score (nSPS) is 11.3. The highest BCUT2D eigenvalue weighted by Crippen LogP contribution is 2.48. The lowest BCUT2D eigenvalue weighted by molar-refractivity contribution is -0.131. The molecule has 3 aromatic rings. The van der Waals surface area contributed by atoms with Crippen molar-refractivity contribution in [3.8, 4) is 23.0 Å². The number of carbonyl (C=O) groups excluding carboxylic acids is 1. The maximum Gasteiger partial charge on any atom is 0.308 e. The summed E-state index contributed by atoms with van der Waals surface area (Å²) in [6.07, 6.45) is -0.00833. The molecule has 0 aliphatic carbocycles. The van der Waals surface area contributed by atoms with Crippen LogP contribution < -0.4 is 14.2 Å². The van der Waals surface area contributed by atoms with Crippen LogP contribution in [-0.4, -0.2) is 24.3 Å². The lowest BCUT2D eigenvalue weighted by atomic mass is 9.93. The molecule has 3 aromatic carbocycles. The fourth-order valence-electron chi connectivity index (χ4n) is 3.61. The number of ether oxygens (including phenoxy) is 3. The molecule has 0 atom stereocenters. The van der Waals surface area contributed by atoms with Crippen LogP contribution >= 0.6 is 0 Å². The summed E-state index contributed by atoms with van der Waals surface area (Å²) >= 11 is 0. The highest BCUT2D eigenvalue weighted by molar-refractivity contribution is 6.17. The molecule has 0 aliphatic rings. The number of hydrogen-bond acceptors (Lipinski definition) is 5. The van der Waals surface area contributed by atoms with Crippen molar-refractivity contribution >= 4 is 27.5 Å². The third kappa shape index (κ3) is 3.11. The van der Waals surface area contributed by atoms with Gasteiger partial charge in [0.05, 0.1) is 13.2 Å². The molecule has 0 aromatic heterocycles. The van der Waals surface area contributed by atoms with Crippen molar-refractivity contribution in [1.29, 1.82) is 0 Å². The Labute approximate surface area is 164 Å². The Balaban J connectivity index is 2.51. The van der Waals surface area contributed by atoms with Crippen LogP contribution in [0.25, 0.3) is 21.5 Å². The molecule has 0 bridgehead atoms. The number of fused-ring (bicyclic) bond motifs is 3. The number of esters is 1. The monoisotopic (exact) mass is 382 g/mol. The van der Waals surface area contributed by atoms with Crippen LogP contribution in [0.5, 0.6) is 23.0 Å². The number of phenols is 1. The van der Waals surface area contributed by atoms with Gasteiger partial charge in [-0.15, -0.1) is 0 Å². The van der Waals surface area contributed by atoms with Crippen LogP contribution in [0.1, 0.15) is 37.5 Å². The minimum Gasteiger partial charge on any atom is -0.507 e. The summed E-state index contributed by atoms with van der Waals surface area (Å²) in [6, 6.07) is 5.70. The third-order valence-electron chi connectivity index (χ3n) is 5.01. The maximum absolute atomic E-state index is 11.7. The molecule has 0 saturated heterocycles. The summed E-state index contributed by atoms with van der Waals surface area (Å²) < 4.78 is 17.1. The van der Waals surface area contributed by atoms with E-state index in [9.17, 15) is 9.90 Å². The van der Waals surface area contributed by atoms with E-state index in [1.54, 1.807) is 7.11 Å². The zero-order valence-electron chi connectivity index (χ0n) is 17.4. The molecule has 148 valence electrons. The second-order valence-electron chi connectivity index (χ2n) is 7.31. The molecule has 0 saturated carbocycles. The van der Waals surface area contributed by atoms with Gasteiger partial charge in [0.15, 0.2) is 0 Å². The molecule has 5 nitrogen and oxygen atoms in total. The van der Waals surface area contributed by atoms with Gasteiger partial charge in [-0.05, 0) is 63.3 Å². The van der Waals surface area contributed by atoms with Gasteiger partial charge < -0.3 is 19.3 Å². The molecule has 0 spiro atoms. The van der Waals surface area contributed by atoms with Gasteiger partial charge in [-0.25, -0.2) is 0 Å². The van der Waals surface area contributed by atoms with E-state index in [1.807, 2.05) is 52.8 Å². The highest BCUT2D eigenvalue weighted by Gasteiger charge is 2.22. The molecule has 5 heteroatoms. The van der Waals surface area contributed by atoms with Gasteiger partial charge in [-0.1, -0.05) is 6.07 Å². The van der Waals surface area contributed by atoms with Gasteiger partial charge in [0.2, 0.25) is 0 Å². The summed E-state index contributed by atoms with van der Waals surface area (Å²) in [7, 11) is 1.60. The van der Waals surface area contributed by atoms with E-state index < -0.39 is 5.97 Å². The van der Waals surface area contributed by atoms with Gasteiger partial charge in [-0.3, -0.25) is 4.79 Å². The Bertz CT molecular complexity index is 1100. The molecule has 3 rings (SSSR count). The van der Waals surface area contributed by atoms with E-state index in [4.69, 9.17) is 14.2 Å². The van der Waals surface area contributed by atoms with E-state index in [-0.39, 0.29) is 11.9 Å². The van der Waals surface area contributed by atoms with Crippen LogP contribution in [0.2, 0.25) is 0 Å². The summed E-state index contributed by atoms with van der Waals surface area (Å²) in [5.74, 6) is 1.52. The van der Waals surface area contributed by atoms with E-state index in [0.717, 1.165) is 27.3 Å². The lowest BCUT2D eigenvalue weighted by Gasteiger charge is -2.20. The SMILES string of the molecule is COc1c(C)c(C)c(OC(C)=O)c2ccc3cc(OC(C)C)c(C)c(O)c3c12. The Morgan fingerprint density at radius 3 is 2.21 bits per heavy atom. The zero-order chi connectivity index (χ0) is 20.7. The second kappa shape index (κ2) is 7.23. The van der Waals surface area contributed by atoms with Gasteiger partial charge in [0, 0.05) is 28.6 Å². The second-order valence-corrected chi connectivity index (χ2v) is 7.31. The first-order valence-corrected chi connectivity index (χ1v) is 9.28. The largest absolute Gasteiger partial charge is 0.507 e. The van der Waals surface area contributed by atoms with Crippen LogP contribution in [0.4, 0.5) is 0 Å². The molecular formula is C23H26O5. The van der Waals surface area contributed by atoms with Crippen molar-refractivity contribution in [2.75, 3.05) is 7.11 Å². The predicted octanol–water partition coefficient (Wildman–Crippen LogP) is 5.34. The van der Waals surface area contributed by atoms with Crippen molar-refractivity contribution in [3.05, 3.63) is 34.9 Å². The van der Waals surface area contributed by atoms with E-state index in [2.05, 4.69) is 0 Å². The highest BCUT2D eigenvalue weighted by atomic mass is 16.5. The topological polar surface area (TPSA) is 65.0 Å².